The van der Waals surface area contributed by atoms with Crippen molar-refractivity contribution in [2.75, 3.05) is 36.5 Å². The summed E-state index contributed by atoms with van der Waals surface area (Å²) in [5, 5.41) is 7.79. The second-order valence-corrected chi connectivity index (χ2v) is 7.59. The largest absolute Gasteiger partial charge is 0.383 e. The number of aromatic nitrogens is 2. The third kappa shape index (κ3) is 3.32. The van der Waals surface area contributed by atoms with Gasteiger partial charge in [0, 0.05) is 38.5 Å². The van der Waals surface area contributed by atoms with Crippen LogP contribution >= 0.6 is 0 Å². The van der Waals surface area contributed by atoms with Gasteiger partial charge < -0.3 is 16.0 Å². The van der Waals surface area contributed by atoms with Crippen molar-refractivity contribution >= 4 is 21.5 Å². The topological polar surface area (TPSA) is 93.2 Å². The van der Waals surface area contributed by atoms with Gasteiger partial charge in [0.25, 0.3) is 0 Å². The van der Waals surface area contributed by atoms with E-state index in [1.54, 1.807) is 4.68 Å². The molecule has 1 atom stereocenters. The summed E-state index contributed by atoms with van der Waals surface area (Å²) in [6.07, 6.45) is 3.12. The van der Waals surface area contributed by atoms with Gasteiger partial charge in [-0.05, 0) is 13.3 Å². The van der Waals surface area contributed by atoms with Gasteiger partial charge in [0.15, 0.2) is 20.6 Å². The maximum absolute atomic E-state index is 12.1. The Bertz CT molecular complexity index is 596. The summed E-state index contributed by atoms with van der Waals surface area (Å²) < 4.78 is 25.9. The molecule has 3 N–H and O–H groups in total. The van der Waals surface area contributed by atoms with Crippen LogP contribution in [-0.4, -0.2) is 50.1 Å². The Morgan fingerprint density at radius 3 is 2.76 bits per heavy atom. The number of nitrogens with two attached hydrogens (primary N) is 1. The molecule has 21 heavy (non-hydrogen) atoms. The van der Waals surface area contributed by atoms with Crippen LogP contribution in [0.15, 0.2) is 4.90 Å². The summed E-state index contributed by atoms with van der Waals surface area (Å²) in [7, 11) is -3.41. The fourth-order valence-corrected chi connectivity index (χ4v) is 3.60. The zero-order valence-corrected chi connectivity index (χ0v) is 13.8. The normalized spacial score (nSPS) is 20.0. The molecule has 0 amide bonds. The van der Waals surface area contributed by atoms with E-state index in [-0.39, 0.29) is 16.8 Å². The Morgan fingerprint density at radius 1 is 1.48 bits per heavy atom. The quantitative estimate of drug-likeness (QED) is 0.820. The second kappa shape index (κ2) is 6.23. The number of anilines is 2. The van der Waals surface area contributed by atoms with Crippen molar-refractivity contribution in [3.05, 3.63) is 0 Å². The SMILES string of the molecule is CCCCn1nc(N2CCNCC2C)c(S(C)(=O)=O)c1N. The number of unbranched alkanes of at least 4 members (excludes halogenated alkanes) is 1. The molecule has 1 aromatic heterocycles. The van der Waals surface area contributed by atoms with Gasteiger partial charge in [-0.1, -0.05) is 13.3 Å². The van der Waals surface area contributed by atoms with Crippen LogP contribution in [0.5, 0.6) is 0 Å². The number of sulfone groups is 1. The maximum atomic E-state index is 12.1. The number of hydrogen-bond donors (Lipinski definition) is 2. The van der Waals surface area contributed by atoms with Crippen molar-refractivity contribution in [3.63, 3.8) is 0 Å². The minimum Gasteiger partial charge on any atom is -0.383 e. The highest BCUT2D eigenvalue weighted by molar-refractivity contribution is 7.91. The van der Waals surface area contributed by atoms with Crippen molar-refractivity contribution in [1.82, 2.24) is 15.1 Å². The molecule has 0 spiro atoms. The fraction of sp³-hybridized carbons (Fsp3) is 0.769. The zero-order chi connectivity index (χ0) is 15.6. The molecule has 0 radical (unpaired) electrons. The number of nitrogen functional groups attached to an aromatic ring is 1. The third-order valence-corrected chi connectivity index (χ3v) is 4.93. The molecule has 1 aromatic rings. The first-order valence-corrected chi connectivity index (χ1v) is 9.29. The first-order chi connectivity index (χ1) is 9.86. The van der Waals surface area contributed by atoms with Crippen LogP contribution in [0, 0.1) is 0 Å². The Labute approximate surface area is 126 Å². The monoisotopic (exact) mass is 315 g/mol. The van der Waals surface area contributed by atoms with E-state index in [2.05, 4.69) is 24.3 Å². The molecular formula is C13H25N5O2S. The minimum atomic E-state index is -3.41. The standard InChI is InChI=1S/C13H25N5O2S/c1-4-5-7-18-12(14)11(21(3,19)20)13(16-18)17-8-6-15-9-10(17)2/h10,15H,4-9,14H2,1-3H3. The van der Waals surface area contributed by atoms with Crippen LogP contribution in [0.25, 0.3) is 0 Å². The fourth-order valence-electron chi connectivity index (χ4n) is 2.62. The molecule has 0 bridgehead atoms. The molecule has 0 aliphatic carbocycles. The molecule has 2 heterocycles. The molecule has 1 unspecified atom stereocenters. The van der Waals surface area contributed by atoms with Crippen LogP contribution in [0.4, 0.5) is 11.6 Å². The zero-order valence-electron chi connectivity index (χ0n) is 13.0. The average Bonchev–Trinajstić information content (AvgIpc) is 2.73. The number of piperazine rings is 1. The lowest BCUT2D eigenvalue weighted by Gasteiger charge is -2.34. The first kappa shape index (κ1) is 16.1. The lowest BCUT2D eigenvalue weighted by Crippen LogP contribution is -2.50. The van der Waals surface area contributed by atoms with E-state index in [4.69, 9.17) is 5.73 Å². The minimum absolute atomic E-state index is 0.173. The molecular weight excluding hydrogens is 290 g/mol. The first-order valence-electron chi connectivity index (χ1n) is 7.40. The Morgan fingerprint density at radius 2 is 2.19 bits per heavy atom. The van der Waals surface area contributed by atoms with Gasteiger partial charge in [0.1, 0.15) is 5.82 Å². The van der Waals surface area contributed by atoms with Crippen molar-refractivity contribution < 1.29 is 8.42 Å². The van der Waals surface area contributed by atoms with Crippen molar-refractivity contribution in [2.45, 2.75) is 44.2 Å². The maximum Gasteiger partial charge on any atom is 0.182 e. The van der Waals surface area contributed by atoms with Gasteiger partial charge in [-0.25, -0.2) is 13.1 Å². The van der Waals surface area contributed by atoms with E-state index in [1.165, 1.54) is 6.26 Å². The number of rotatable bonds is 5. The van der Waals surface area contributed by atoms with Crippen LogP contribution in [0.2, 0.25) is 0 Å². The lowest BCUT2D eigenvalue weighted by molar-refractivity contribution is 0.489. The predicted octanol–water partition coefficient (Wildman–Crippen LogP) is 0.467. The van der Waals surface area contributed by atoms with Crippen molar-refractivity contribution in [1.29, 1.82) is 0 Å². The van der Waals surface area contributed by atoms with E-state index in [0.717, 1.165) is 32.5 Å². The highest BCUT2D eigenvalue weighted by Gasteiger charge is 2.30. The van der Waals surface area contributed by atoms with Gasteiger partial charge in [-0.2, -0.15) is 5.10 Å². The van der Waals surface area contributed by atoms with Crippen LogP contribution in [0.1, 0.15) is 26.7 Å². The molecule has 7 nitrogen and oxygen atoms in total. The van der Waals surface area contributed by atoms with E-state index in [0.29, 0.717) is 12.4 Å². The molecule has 0 aromatic carbocycles. The van der Waals surface area contributed by atoms with Crippen LogP contribution in [0.3, 0.4) is 0 Å². The summed E-state index contributed by atoms with van der Waals surface area (Å²) in [5.41, 5.74) is 6.06. The van der Waals surface area contributed by atoms with Crippen LogP contribution in [-0.2, 0) is 16.4 Å². The smallest absolute Gasteiger partial charge is 0.182 e. The molecule has 8 heteroatoms. The summed E-state index contributed by atoms with van der Waals surface area (Å²) >= 11 is 0. The molecule has 0 saturated carbocycles. The number of nitrogens with one attached hydrogen (secondary N) is 1. The molecule has 120 valence electrons. The van der Waals surface area contributed by atoms with Crippen molar-refractivity contribution in [3.8, 4) is 0 Å². The third-order valence-electron chi connectivity index (χ3n) is 3.80. The molecule has 1 saturated heterocycles. The second-order valence-electron chi connectivity index (χ2n) is 5.63. The highest BCUT2D eigenvalue weighted by atomic mass is 32.2. The molecule has 1 fully saturated rings. The van der Waals surface area contributed by atoms with Gasteiger partial charge in [-0.3, -0.25) is 0 Å². The molecule has 2 rings (SSSR count). The van der Waals surface area contributed by atoms with E-state index < -0.39 is 9.84 Å². The Balaban J connectivity index is 2.47. The highest BCUT2D eigenvalue weighted by Crippen LogP contribution is 2.31. The van der Waals surface area contributed by atoms with Gasteiger partial charge in [0.2, 0.25) is 0 Å². The molecule has 1 aliphatic heterocycles. The number of aryl methyl sites for hydroxylation is 1. The summed E-state index contributed by atoms with van der Waals surface area (Å²) in [6, 6.07) is 0.188. The molecule has 1 aliphatic rings. The van der Waals surface area contributed by atoms with Crippen molar-refractivity contribution in [2.24, 2.45) is 0 Å². The van der Waals surface area contributed by atoms with Crippen LogP contribution < -0.4 is 16.0 Å². The number of hydrogen-bond acceptors (Lipinski definition) is 6. The summed E-state index contributed by atoms with van der Waals surface area (Å²) in [5.74, 6) is 0.756. The average molecular weight is 315 g/mol. The Kier molecular flexibility index (Phi) is 4.77. The van der Waals surface area contributed by atoms with E-state index in [1.807, 2.05) is 4.90 Å². The van der Waals surface area contributed by atoms with Gasteiger partial charge in [-0.15, -0.1) is 0 Å². The Hall–Kier alpha value is -1.28. The van der Waals surface area contributed by atoms with Gasteiger partial charge in [0.05, 0.1) is 0 Å². The van der Waals surface area contributed by atoms with Gasteiger partial charge >= 0.3 is 0 Å². The predicted molar refractivity (Wildman–Crippen MR) is 84.3 cm³/mol. The lowest BCUT2D eigenvalue weighted by atomic mass is 10.2. The van der Waals surface area contributed by atoms with E-state index in [9.17, 15) is 8.42 Å². The van der Waals surface area contributed by atoms with E-state index >= 15 is 0 Å². The summed E-state index contributed by atoms with van der Waals surface area (Å²) in [6.45, 7) is 7.13. The number of nitrogens with zero attached hydrogens (tertiary/aromatic N) is 3. The summed E-state index contributed by atoms with van der Waals surface area (Å²) in [4.78, 5) is 2.21.